The molecule has 1 aromatic carbocycles. The van der Waals surface area contributed by atoms with Crippen LogP contribution < -0.4 is 10.6 Å². The predicted octanol–water partition coefficient (Wildman–Crippen LogP) is 2.39. The Bertz CT molecular complexity index is 890. The molecule has 0 saturated heterocycles. The second-order valence-electron chi connectivity index (χ2n) is 5.55. The van der Waals surface area contributed by atoms with Crippen molar-refractivity contribution in [1.29, 1.82) is 0 Å². The minimum atomic E-state index is -4.70. The van der Waals surface area contributed by atoms with Gasteiger partial charge in [-0.1, -0.05) is 6.07 Å². The van der Waals surface area contributed by atoms with E-state index in [9.17, 15) is 32.9 Å². The minimum absolute atomic E-state index is 0.00781. The Morgan fingerprint density at radius 1 is 1.17 bits per heavy atom. The second kappa shape index (κ2) is 9.48. The van der Waals surface area contributed by atoms with E-state index in [2.05, 4.69) is 15.6 Å². The van der Waals surface area contributed by atoms with Crippen LogP contribution in [0, 0.1) is 10.1 Å². The van der Waals surface area contributed by atoms with E-state index < -0.39 is 40.8 Å². The standard InChI is InChI=1S/C17H15F3N4O5/c18-17(19,20)11-4-5-12(14(9-11)24(27)28)22-7-8-23-15(25)10-29-16(26)13-3-1-2-6-21-13/h1-6,9,22H,7-8,10H2,(H,23,25). The lowest BCUT2D eigenvalue weighted by atomic mass is 10.1. The van der Waals surface area contributed by atoms with Crippen LogP contribution in [0.15, 0.2) is 42.6 Å². The average Bonchev–Trinajstić information content (AvgIpc) is 2.69. The Labute approximate surface area is 162 Å². The number of anilines is 1. The number of nitro groups is 1. The van der Waals surface area contributed by atoms with Gasteiger partial charge in [0.05, 0.1) is 10.5 Å². The maximum absolute atomic E-state index is 12.7. The van der Waals surface area contributed by atoms with Gasteiger partial charge in [-0.3, -0.25) is 14.9 Å². The average molecular weight is 412 g/mol. The van der Waals surface area contributed by atoms with Crippen molar-refractivity contribution >= 4 is 23.3 Å². The van der Waals surface area contributed by atoms with Crippen molar-refractivity contribution in [3.8, 4) is 0 Å². The van der Waals surface area contributed by atoms with E-state index in [1.54, 1.807) is 12.1 Å². The van der Waals surface area contributed by atoms with Crippen LogP contribution in [-0.2, 0) is 15.7 Å². The van der Waals surface area contributed by atoms with Crippen LogP contribution in [0.2, 0.25) is 0 Å². The molecule has 0 aliphatic heterocycles. The summed E-state index contributed by atoms with van der Waals surface area (Å²) in [5, 5.41) is 16.0. The summed E-state index contributed by atoms with van der Waals surface area (Å²) in [4.78, 5) is 37.1. The summed E-state index contributed by atoms with van der Waals surface area (Å²) in [6.45, 7) is -0.583. The SMILES string of the molecule is O=C(COC(=O)c1ccccn1)NCCNc1ccc(C(F)(F)F)cc1[N+](=O)[O-]. The number of nitro benzene ring substituents is 1. The molecule has 29 heavy (non-hydrogen) atoms. The zero-order chi connectivity index (χ0) is 21.4. The van der Waals surface area contributed by atoms with E-state index in [1.165, 1.54) is 12.3 Å². The zero-order valence-corrected chi connectivity index (χ0v) is 14.7. The third-order valence-electron chi connectivity index (χ3n) is 3.49. The molecule has 1 heterocycles. The van der Waals surface area contributed by atoms with Gasteiger partial charge in [-0.25, -0.2) is 9.78 Å². The molecular formula is C17H15F3N4O5. The highest BCUT2D eigenvalue weighted by Gasteiger charge is 2.33. The third-order valence-corrected chi connectivity index (χ3v) is 3.49. The minimum Gasteiger partial charge on any atom is -0.451 e. The summed E-state index contributed by atoms with van der Waals surface area (Å²) in [6.07, 6.45) is -3.31. The maximum atomic E-state index is 12.7. The first-order valence-corrected chi connectivity index (χ1v) is 8.13. The highest BCUT2D eigenvalue weighted by Crippen LogP contribution is 2.34. The number of aromatic nitrogens is 1. The van der Waals surface area contributed by atoms with Crippen molar-refractivity contribution in [2.75, 3.05) is 25.0 Å². The smallest absolute Gasteiger partial charge is 0.416 e. The Hall–Kier alpha value is -3.70. The van der Waals surface area contributed by atoms with Crippen molar-refractivity contribution in [2.45, 2.75) is 6.18 Å². The molecule has 1 amide bonds. The van der Waals surface area contributed by atoms with Gasteiger partial charge in [0.1, 0.15) is 11.4 Å². The lowest BCUT2D eigenvalue weighted by Crippen LogP contribution is -2.32. The van der Waals surface area contributed by atoms with Crippen LogP contribution >= 0.6 is 0 Å². The zero-order valence-electron chi connectivity index (χ0n) is 14.7. The number of hydrogen-bond acceptors (Lipinski definition) is 7. The maximum Gasteiger partial charge on any atom is 0.416 e. The molecule has 154 valence electrons. The number of alkyl halides is 3. The number of carbonyl (C=O) groups is 2. The number of pyridine rings is 1. The summed E-state index contributed by atoms with van der Waals surface area (Å²) in [6, 6.07) is 6.69. The lowest BCUT2D eigenvalue weighted by Gasteiger charge is -2.11. The monoisotopic (exact) mass is 412 g/mol. The number of ether oxygens (including phenoxy) is 1. The topological polar surface area (TPSA) is 123 Å². The van der Waals surface area contributed by atoms with E-state index in [0.29, 0.717) is 12.1 Å². The van der Waals surface area contributed by atoms with Gasteiger partial charge in [0.15, 0.2) is 6.61 Å². The number of nitrogens with zero attached hydrogens (tertiary/aromatic N) is 2. The molecule has 0 unspecified atom stereocenters. The van der Waals surface area contributed by atoms with Crippen LogP contribution in [0.5, 0.6) is 0 Å². The summed E-state index contributed by atoms with van der Waals surface area (Å²) >= 11 is 0. The molecule has 0 saturated carbocycles. The fraction of sp³-hybridized carbons (Fsp3) is 0.235. The van der Waals surface area contributed by atoms with Crippen LogP contribution in [0.25, 0.3) is 0 Å². The molecule has 0 radical (unpaired) electrons. The van der Waals surface area contributed by atoms with Crippen LogP contribution in [0.3, 0.4) is 0 Å². The Morgan fingerprint density at radius 3 is 2.55 bits per heavy atom. The molecule has 2 aromatic rings. The number of carbonyl (C=O) groups excluding carboxylic acids is 2. The number of benzene rings is 1. The largest absolute Gasteiger partial charge is 0.451 e. The molecule has 0 atom stereocenters. The lowest BCUT2D eigenvalue weighted by molar-refractivity contribution is -0.384. The van der Waals surface area contributed by atoms with Crippen molar-refractivity contribution in [3.63, 3.8) is 0 Å². The van der Waals surface area contributed by atoms with Crippen LogP contribution in [0.4, 0.5) is 24.5 Å². The molecule has 9 nitrogen and oxygen atoms in total. The fourth-order valence-corrected chi connectivity index (χ4v) is 2.15. The quantitative estimate of drug-likeness (QED) is 0.295. The summed E-state index contributed by atoms with van der Waals surface area (Å²) in [7, 11) is 0. The molecule has 0 aliphatic rings. The van der Waals surface area contributed by atoms with Gasteiger partial charge in [0, 0.05) is 25.4 Å². The number of amides is 1. The third kappa shape index (κ3) is 6.45. The summed E-state index contributed by atoms with van der Waals surface area (Å²) in [5.41, 5.74) is -1.97. The number of esters is 1. The molecule has 0 spiro atoms. The number of rotatable bonds is 8. The second-order valence-corrected chi connectivity index (χ2v) is 5.55. The first-order valence-electron chi connectivity index (χ1n) is 8.13. The highest BCUT2D eigenvalue weighted by atomic mass is 19.4. The van der Waals surface area contributed by atoms with Gasteiger partial charge in [-0.2, -0.15) is 13.2 Å². The van der Waals surface area contributed by atoms with Gasteiger partial charge in [-0.15, -0.1) is 0 Å². The Kier molecular flexibility index (Phi) is 7.06. The molecule has 12 heteroatoms. The predicted molar refractivity (Wildman–Crippen MR) is 94.1 cm³/mol. The van der Waals surface area contributed by atoms with Gasteiger partial charge >= 0.3 is 12.1 Å². The highest BCUT2D eigenvalue weighted by molar-refractivity contribution is 5.89. The number of hydrogen-bond donors (Lipinski definition) is 2. The van der Waals surface area contributed by atoms with E-state index in [-0.39, 0.29) is 24.5 Å². The van der Waals surface area contributed by atoms with E-state index in [1.807, 2.05) is 0 Å². The van der Waals surface area contributed by atoms with E-state index >= 15 is 0 Å². The van der Waals surface area contributed by atoms with Gasteiger partial charge < -0.3 is 15.4 Å². The van der Waals surface area contributed by atoms with E-state index in [4.69, 9.17) is 4.74 Å². The first kappa shape index (κ1) is 21.6. The van der Waals surface area contributed by atoms with Crippen LogP contribution in [-0.4, -0.2) is 41.5 Å². The van der Waals surface area contributed by atoms with Crippen molar-refractivity contribution in [1.82, 2.24) is 10.3 Å². The van der Waals surface area contributed by atoms with Gasteiger partial charge in [0.2, 0.25) is 0 Å². The van der Waals surface area contributed by atoms with Gasteiger partial charge in [-0.05, 0) is 24.3 Å². The molecule has 0 fully saturated rings. The molecule has 0 bridgehead atoms. The Balaban J connectivity index is 1.80. The molecular weight excluding hydrogens is 397 g/mol. The molecule has 2 N–H and O–H groups in total. The van der Waals surface area contributed by atoms with Crippen molar-refractivity contribution in [3.05, 3.63) is 64.0 Å². The molecule has 1 aromatic heterocycles. The van der Waals surface area contributed by atoms with Crippen molar-refractivity contribution < 1.29 is 32.4 Å². The summed E-state index contributed by atoms with van der Waals surface area (Å²) < 4.78 is 42.8. The molecule has 0 aliphatic carbocycles. The van der Waals surface area contributed by atoms with Gasteiger partial charge in [0.25, 0.3) is 11.6 Å². The van der Waals surface area contributed by atoms with Crippen LogP contribution in [0.1, 0.15) is 16.1 Å². The normalized spacial score (nSPS) is 10.9. The number of nitrogens with one attached hydrogen (secondary N) is 2. The first-order chi connectivity index (χ1) is 13.7. The van der Waals surface area contributed by atoms with E-state index in [0.717, 1.165) is 6.07 Å². The number of halogens is 3. The fourth-order valence-electron chi connectivity index (χ4n) is 2.15. The van der Waals surface area contributed by atoms with Crippen molar-refractivity contribution in [2.24, 2.45) is 0 Å². The molecule has 2 rings (SSSR count). The summed E-state index contributed by atoms with van der Waals surface area (Å²) in [5.74, 6) is -1.41. The Morgan fingerprint density at radius 2 is 1.93 bits per heavy atom.